The van der Waals surface area contributed by atoms with Crippen molar-refractivity contribution in [2.75, 3.05) is 18.4 Å². The fraction of sp³-hybridized carbons (Fsp3) is 0.389. The lowest BCUT2D eigenvalue weighted by atomic mass is 10.00. The minimum atomic E-state index is -0.549. The van der Waals surface area contributed by atoms with E-state index in [2.05, 4.69) is 20.8 Å². The SMILES string of the molecule is CCCNC(=O)c1cc(Cc2n[nH]c(=O)c3c2NCCC3)ccc1F. The molecule has 0 aliphatic carbocycles. The third kappa shape index (κ3) is 3.70. The number of aromatic nitrogens is 2. The summed E-state index contributed by atoms with van der Waals surface area (Å²) in [6, 6.07) is 4.47. The fourth-order valence-corrected chi connectivity index (χ4v) is 2.97. The smallest absolute Gasteiger partial charge is 0.269 e. The van der Waals surface area contributed by atoms with Crippen molar-refractivity contribution >= 4 is 11.6 Å². The van der Waals surface area contributed by atoms with Crippen LogP contribution >= 0.6 is 0 Å². The maximum Gasteiger partial charge on any atom is 0.269 e. The number of carbonyl (C=O) groups excluding carboxylic acids is 1. The molecule has 0 fully saturated rings. The normalized spacial score (nSPS) is 13.0. The van der Waals surface area contributed by atoms with Gasteiger partial charge in [0.2, 0.25) is 0 Å². The van der Waals surface area contributed by atoms with Gasteiger partial charge in [0, 0.05) is 25.1 Å². The minimum absolute atomic E-state index is 0.0252. The number of halogens is 1. The second-order valence-corrected chi connectivity index (χ2v) is 6.13. The van der Waals surface area contributed by atoms with E-state index in [1.807, 2.05) is 6.92 Å². The summed E-state index contributed by atoms with van der Waals surface area (Å²) >= 11 is 0. The average molecular weight is 344 g/mol. The molecule has 3 N–H and O–H groups in total. The lowest BCUT2D eigenvalue weighted by Gasteiger charge is -2.19. The number of hydrogen-bond donors (Lipinski definition) is 3. The van der Waals surface area contributed by atoms with Crippen LogP contribution in [0.25, 0.3) is 0 Å². The van der Waals surface area contributed by atoms with Gasteiger partial charge >= 0.3 is 0 Å². The van der Waals surface area contributed by atoms with Crippen molar-refractivity contribution < 1.29 is 9.18 Å². The predicted molar refractivity (Wildman–Crippen MR) is 93.5 cm³/mol. The number of nitrogens with one attached hydrogen (secondary N) is 3. The van der Waals surface area contributed by atoms with Gasteiger partial charge in [0.25, 0.3) is 11.5 Å². The van der Waals surface area contributed by atoms with E-state index in [4.69, 9.17) is 0 Å². The molecule has 1 aromatic heterocycles. The molecule has 1 aliphatic rings. The zero-order chi connectivity index (χ0) is 17.8. The van der Waals surface area contributed by atoms with Gasteiger partial charge in [-0.2, -0.15) is 5.10 Å². The minimum Gasteiger partial charge on any atom is -0.383 e. The van der Waals surface area contributed by atoms with Crippen molar-refractivity contribution in [1.29, 1.82) is 0 Å². The number of aromatic amines is 1. The summed E-state index contributed by atoms with van der Waals surface area (Å²) in [4.78, 5) is 24.0. The Morgan fingerprint density at radius 2 is 2.24 bits per heavy atom. The first-order chi connectivity index (χ1) is 12.1. The summed E-state index contributed by atoms with van der Waals surface area (Å²) in [5.74, 6) is -0.970. The number of fused-ring (bicyclic) bond motifs is 1. The zero-order valence-corrected chi connectivity index (χ0v) is 14.1. The Morgan fingerprint density at radius 1 is 1.40 bits per heavy atom. The highest BCUT2D eigenvalue weighted by atomic mass is 19.1. The highest BCUT2D eigenvalue weighted by Gasteiger charge is 2.19. The van der Waals surface area contributed by atoms with Gasteiger partial charge < -0.3 is 10.6 Å². The third-order valence-corrected chi connectivity index (χ3v) is 4.24. The number of nitrogens with zero attached hydrogens (tertiary/aromatic N) is 1. The van der Waals surface area contributed by atoms with E-state index in [-0.39, 0.29) is 11.1 Å². The van der Waals surface area contributed by atoms with Gasteiger partial charge in [-0.1, -0.05) is 13.0 Å². The highest BCUT2D eigenvalue weighted by Crippen LogP contribution is 2.24. The highest BCUT2D eigenvalue weighted by molar-refractivity contribution is 5.94. The van der Waals surface area contributed by atoms with Crippen molar-refractivity contribution in [1.82, 2.24) is 15.5 Å². The molecule has 0 saturated carbocycles. The van der Waals surface area contributed by atoms with Gasteiger partial charge in [-0.3, -0.25) is 9.59 Å². The topological polar surface area (TPSA) is 86.9 Å². The second-order valence-electron chi connectivity index (χ2n) is 6.13. The van der Waals surface area contributed by atoms with E-state index >= 15 is 0 Å². The van der Waals surface area contributed by atoms with Crippen molar-refractivity contribution in [3.05, 3.63) is 56.8 Å². The van der Waals surface area contributed by atoms with Crippen molar-refractivity contribution in [2.45, 2.75) is 32.6 Å². The van der Waals surface area contributed by atoms with Crippen LogP contribution < -0.4 is 16.2 Å². The lowest BCUT2D eigenvalue weighted by molar-refractivity contribution is 0.0949. The molecule has 0 unspecified atom stereocenters. The van der Waals surface area contributed by atoms with E-state index < -0.39 is 11.7 Å². The molecule has 1 amide bonds. The molecule has 132 valence electrons. The summed E-state index contributed by atoms with van der Waals surface area (Å²) in [6.45, 7) is 3.23. The molecular formula is C18H21FN4O2. The van der Waals surface area contributed by atoms with Crippen LogP contribution in [0.15, 0.2) is 23.0 Å². The van der Waals surface area contributed by atoms with Crippen LogP contribution in [-0.4, -0.2) is 29.2 Å². The Hall–Kier alpha value is -2.70. The van der Waals surface area contributed by atoms with Crippen LogP contribution in [0.3, 0.4) is 0 Å². The van der Waals surface area contributed by atoms with E-state index in [0.29, 0.717) is 30.6 Å². The quantitative estimate of drug-likeness (QED) is 0.774. The van der Waals surface area contributed by atoms with Gasteiger partial charge in [-0.25, -0.2) is 9.49 Å². The molecule has 0 spiro atoms. The zero-order valence-electron chi connectivity index (χ0n) is 14.1. The summed E-state index contributed by atoms with van der Waals surface area (Å²) < 4.78 is 14.0. The van der Waals surface area contributed by atoms with Crippen LogP contribution in [0, 0.1) is 5.82 Å². The van der Waals surface area contributed by atoms with Crippen molar-refractivity contribution in [2.24, 2.45) is 0 Å². The number of H-pyrrole nitrogens is 1. The molecule has 0 saturated heterocycles. The largest absolute Gasteiger partial charge is 0.383 e. The molecule has 1 aliphatic heterocycles. The Morgan fingerprint density at radius 3 is 3.04 bits per heavy atom. The van der Waals surface area contributed by atoms with E-state index in [1.54, 1.807) is 12.1 Å². The van der Waals surface area contributed by atoms with Crippen LogP contribution in [0.5, 0.6) is 0 Å². The Kier molecular flexibility index (Phi) is 5.11. The standard InChI is InChI=1S/C18H21FN4O2/c1-2-7-21-17(24)13-9-11(5-6-14(13)19)10-15-16-12(4-3-8-20-16)18(25)23-22-15/h5-6,9,20H,2-4,7-8,10H2,1H3,(H,21,24)(H,23,25). The Balaban J connectivity index is 1.89. The van der Waals surface area contributed by atoms with Gasteiger partial charge in [0.05, 0.1) is 16.9 Å². The predicted octanol–water partition coefficient (Wildman–Crippen LogP) is 2.00. The fourth-order valence-electron chi connectivity index (χ4n) is 2.97. The molecule has 0 atom stereocenters. The monoisotopic (exact) mass is 344 g/mol. The van der Waals surface area contributed by atoms with Crippen LogP contribution in [0.4, 0.5) is 10.1 Å². The molecule has 25 heavy (non-hydrogen) atoms. The van der Waals surface area contributed by atoms with Gasteiger partial charge in [0.1, 0.15) is 5.82 Å². The maximum atomic E-state index is 14.0. The number of hydrogen-bond acceptors (Lipinski definition) is 4. The molecule has 3 rings (SSSR count). The average Bonchev–Trinajstić information content (AvgIpc) is 2.63. The first-order valence-corrected chi connectivity index (χ1v) is 8.51. The van der Waals surface area contributed by atoms with E-state index in [1.165, 1.54) is 6.07 Å². The molecule has 2 aromatic rings. The Labute approximate surface area is 144 Å². The molecule has 7 heteroatoms. The number of benzene rings is 1. The van der Waals surface area contributed by atoms with Gasteiger partial charge in [0.15, 0.2) is 0 Å². The van der Waals surface area contributed by atoms with Gasteiger partial charge in [-0.05, 0) is 37.0 Å². The lowest BCUT2D eigenvalue weighted by Crippen LogP contribution is -2.26. The molecule has 2 heterocycles. The molecule has 0 bridgehead atoms. The number of amides is 1. The first-order valence-electron chi connectivity index (χ1n) is 8.51. The summed E-state index contributed by atoms with van der Waals surface area (Å²) in [6.07, 6.45) is 2.80. The first kappa shape index (κ1) is 17.1. The Bertz CT molecular complexity index is 847. The van der Waals surface area contributed by atoms with E-state index in [9.17, 15) is 14.0 Å². The molecule has 0 radical (unpaired) electrons. The maximum absolute atomic E-state index is 14.0. The third-order valence-electron chi connectivity index (χ3n) is 4.24. The summed E-state index contributed by atoms with van der Waals surface area (Å²) in [5.41, 5.74) is 2.77. The number of rotatable bonds is 5. The molecular weight excluding hydrogens is 323 g/mol. The van der Waals surface area contributed by atoms with Crippen LogP contribution in [-0.2, 0) is 12.8 Å². The van der Waals surface area contributed by atoms with Crippen LogP contribution in [0.1, 0.15) is 46.9 Å². The van der Waals surface area contributed by atoms with Crippen molar-refractivity contribution in [3.8, 4) is 0 Å². The number of carbonyl (C=O) groups is 1. The van der Waals surface area contributed by atoms with Crippen molar-refractivity contribution in [3.63, 3.8) is 0 Å². The van der Waals surface area contributed by atoms with Gasteiger partial charge in [-0.15, -0.1) is 0 Å². The molecule has 6 nitrogen and oxygen atoms in total. The van der Waals surface area contributed by atoms with E-state index in [0.717, 1.165) is 30.6 Å². The van der Waals surface area contributed by atoms with Crippen LogP contribution in [0.2, 0.25) is 0 Å². The summed E-state index contributed by atoms with van der Waals surface area (Å²) in [5, 5.41) is 12.6. The second kappa shape index (κ2) is 7.46. The number of anilines is 1. The summed E-state index contributed by atoms with van der Waals surface area (Å²) in [7, 11) is 0. The molecule has 1 aromatic carbocycles.